The average molecular weight is 505 g/mol. The van der Waals surface area contributed by atoms with Crippen LogP contribution in [0.5, 0.6) is 0 Å². The van der Waals surface area contributed by atoms with E-state index in [0.717, 1.165) is 43.1 Å². The molecule has 0 saturated heterocycles. The van der Waals surface area contributed by atoms with E-state index in [0.29, 0.717) is 23.6 Å². The number of benzene rings is 1. The number of amides is 1. The molecule has 0 spiro atoms. The molecule has 3 aromatic heterocycles. The molecule has 3 heterocycles. The Labute approximate surface area is 213 Å². The molecule has 10 nitrogen and oxygen atoms in total. The van der Waals surface area contributed by atoms with Crippen LogP contribution in [0.2, 0.25) is 0 Å². The lowest BCUT2D eigenvalue weighted by Gasteiger charge is -2.27. The number of nitrogens with two attached hydrogens (primary N) is 1. The van der Waals surface area contributed by atoms with Crippen molar-refractivity contribution in [2.24, 2.45) is 5.73 Å². The van der Waals surface area contributed by atoms with Gasteiger partial charge in [-0.3, -0.25) is 9.78 Å². The van der Waals surface area contributed by atoms with E-state index in [2.05, 4.69) is 31.0 Å². The van der Waals surface area contributed by atoms with Crippen molar-refractivity contribution >= 4 is 34.4 Å². The van der Waals surface area contributed by atoms with Crippen LogP contribution in [-0.4, -0.2) is 49.3 Å². The number of rotatable bonds is 8. The third-order valence-electron chi connectivity index (χ3n) is 6.48. The van der Waals surface area contributed by atoms with Gasteiger partial charge in [0, 0.05) is 36.6 Å². The Morgan fingerprint density at radius 1 is 1.11 bits per heavy atom. The van der Waals surface area contributed by atoms with Gasteiger partial charge in [0.2, 0.25) is 0 Å². The minimum atomic E-state index is -0.637. The third kappa shape index (κ3) is 5.68. The Kier molecular flexibility index (Phi) is 7.24. The van der Waals surface area contributed by atoms with Gasteiger partial charge in [-0.15, -0.1) is 5.10 Å². The number of aliphatic hydroxyl groups is 1. The lowest BCUT2D eigenvalue weighted by Crippen LogP contribution is -2.33. The Hall–Kier alpha value is -4.09. The Balaban J connectivity index is 1.48. The second kappa shape index (κ2) is 10.9. The Morgan fingerprint density at radius 3 is 2.62 bits per heavy atom. The van der Waals surface area contributed by atoms with Gasteiger partial charge in [0.15, 0.2) is 17.2 Å². The molecule has 1 amide bonds. The maximum Gasteiger partial charge on any atom is 0.276 e. The number of nitrogens with one attached hydrogen (secondary N) is 3. The molecule has 192 valence electrons. The molecule has 1 aliphatic carbocycles. The highest BCUT2D eigenvalue weighted by atomic mass is 19.1. The van der Waals surface area contributed by atoms with Gasteiger partial charge < -0.3 is 26.8 Å². The van der Waals surface area contributed by atoms with E-state index in [-0.39, 0.29) is 30.1 Å². The molecule has 6 N–H and O–H groups in total. The van der Waals surface area contributed by atoms with Crippen molar-refractivity contribution in [3.63, 3.8) is 0 Å². The molecule has 0 bridgehead atoms. The number of hydrogen-bond acceptors (Lipinski definition) is 8. The summed E-state index contributed by atoms with van der Waals surface area (Å²) < 4.78 is 15.5. The van der Waals surface area contributed by atoms with Gasteiger partial charge in [-0.25, -0.2) is 13.9 Å². The topological polar surface area (TPSA) is 142 Å². The van der Waals surface area contributed by atoms with Gasteiger partial charge in [-0.2, -0.15) is 0 Å². The van der Waals surface area contributed by atoms with E-state index >= 15 is 0 Å². The number of carbonyl (C=O) groups is 1. The standard InChI is InChI=1S/C26H29FN8O2/c27-20-14-29-11-9-21(20)33-26(37)23-15-30-25-22(31-18-5-1-16(2-6-18)10-12-36)13-24(34-35(23)25)32-19-7-3-17(28)4-8-19/h1-2,5-6,9,11,13-15,17,19,31,36H,3-4,7-8,10,12,28H2,(H,32,34)(H,29,33,37). The first-order valence-corrected chi connectivity index (χ1v) is 12.3. The fourth-order valence-corrected chi connectivity index (χ4v) is 4.46. The lowest BCUT2D eigenvalue weighted by molar-refractivity contribution is 0.102. The summed E-state index contributed by atoms with van der Waals surface area (Å²) >= 11 is 0. The fraction of sp³-hybridized carbons (Fsp3) is 0.308. The largest absolute Gasteiger partial charge is 0.396 e. The molecular formula is C26H29FN8O2. The summed E-state index contributed by atoms with van der Waals surface area (Å²) in [4.78, 5) is 21.2. The molecule has 1 aliphatic rings. The number of aromatic nitrogens is 4. The zero-order valence-electron chi connectivity index (χ0n) is 20.2. The summed E-state index contributed by atoms with van der Waals surface area (Å²) in [5.41, 5.74) is 9.16. The second-order valence-electron chi connectivity index (χ2n) is 9.18. The molecule has 4 aromatic rings. The van der Waals surface area contributed by atoms with Crippen LogP contribution in [0.25, 0.3) is 5.65 Å². The highest BCUT2D eigenvalue weighted by Crippen LogP contribution is 2.27. The fourth-order valence-electron chi connectivity index (χ4n) is 4.46. The van der Waals surface area contributed by atoms with E-state index in [1.54, 1.807) is 0 Å². The summed E-state index contributed by atoms with van der Waals surface area (Å²) in [5, 5.41) is 23.2. The number of carbonyl (C=O) groups excluding carboxylic acids is 1. The quantitative estimate of drug-likeness (QED) is 0.246. The molecule has 0 atom stereocenters. The Morgan fingerprint density at radius 2 is 1.89 bits per heavy atom. The zero-order chi connectivity index (χ0) is 25.8. The van der Waals surface area contributed by atoms with Crippen LogP contribution in [0.4, 0.5) is 27.3 Å². The number of hydrogen-bond donors (Lipinski definition) is 5. The van der Waals surface area contributed by atoms with Gasteiger partial charge in [-0.05, 0) is 55.9 Å². The molecule has 1 fully saturated rings. The summed E-state index contributed by atoms with van der Waals surface area (Å²) in [5.74, 6) is -0.609. The smallest absolute Gasteiger partial charge is 0.276 e. The highest BCUT2D eigenvalue weighted by Gasteiger charge is 2.22. The number of imidazole rings is 1. The van der Waals surface area contributed by atoms with Crippen molar-refractivity contribution in [2.45, 2.75) is 44.2 Å². The van der Waals surface area contributed by atoms with Crippen molar-refractivity contribution in [1.29, 1.82) is 0 Å². The van der Waals surface area contributed by atoms with Crippen LogP contribution in [0.1, 0.15) is 41.7 Å². The number of halogens is 1. The van der Waals surface area contributed by atoms with E-state index in [4.69, 9.17) is 5.73 Å². The molecule has 5 rings (SSSR count). The molecular weight excluding hydrogens is 475 g/mol. The van der Waals surface area contributed by atoms with Crippen molar-refractivity contribution in [2.75, 3.05) is 22.6 Å². The van der Waals surface area contributed by atoms with Gasteiger partial charge in [0.1, 0.15) is 5.82 Å². The molecule has 0 radical (unpaired) electrons. The highest BCUT2D eigenvalue weighted by molar-refractivity contribution is 6.03. The summed E-state index contributed by atoms with van der Waals surface area (Å²) in [7, 11) is 0. The van der Waals surface area contributed by atoms with Crippen LogP contribution >= 0.6 is 0 Å². The van der Waals surface area contributed by atoms with Gasteiger partial charge in [0.25, 0.3) is 5.91 Å². The van der Waals surface area contributed by atoms with Crippen molar-refractivity contribution in [3.8, 4) is 0 Å². The first kappa shape index (κ1) is 24.6. The summed E-state index contributed by atoms with van der Waals surface area (Å²) in [6.07, 6.45) is 8.14. The summed E-state index contributed by atoms with van der Waals surface area (Å²) in [6, 6.07) is 11.4. The van der Waals surface area contributed by atoms with E-state index in [9.17, 15) is 14.3 Å². The minimum Gasteiger partial charge on any atom is -0.396 e. The Bertz CT molecular complexity index is 1380. The van der Waals surface area contributed by atoms with E-state index in [1.807, 2.05) is 30.3 Å². The third-order valence-corrected chi connectivity index (χ3v) is 6.48. The summed E-state index contributed by atoms with van der Waals surface area (Å²) in [6.45, 7) is 0.0845. The minimum absolute atomic E-state index is 0.0177. The maximum atomic E-state index is 14.1. The predicted molar refractivity (Wildman–Crippen MR) is 140 cm³/mol. The van der Waals surface area contributed by atoms with E-state index in [1.165, 1.54) is 23.0 Å². The molecule has 37 heavy (non-hydrogen) atoms. The number of fused-ring (bicyclic) bond motifs is 1. The number of anilines is 4. The van der Waals surface area contributed by atoms with Crippen molar-refractivity contribution < 1.29 is 14.3 Å². The predicted octanol–water partition coefficient (Wildman–Crippen LogP) is 3.48. The second-order valence-corrected chi connectivity index (χ2v) is 9.18. The average Bonchev–Trinajstić information content (AvgIpc) is 3.33. The van der Waals surface area contributed by atoms with Crippen molar-refractivity contribution in [1.82, 2.24) is 19.6 Å². The van der Waals surface area contributed by atoms with Crippen LogP contribution in [0, 0.1) is 5.82 Å². The monoisotopic (exact) mass is 504 g/mol. The van der Waals surface area contributed by atoms with Crippen LogP contribution < -0.4 is 21.7 Å². The molecule has 0 aliphatic heterocycles. The number of pyridine rings is 1. The maximum absolute atomic E-state index is 14.1. The SMILES string of the molecule is NC1CCC(Nc2cc(Nc3ccc(CCO)cc3)c3ncc(C(=O)Nc4ccncc4F)n3n2)CC1. The first-order valence-electron chi connectivity index (χ1n) is 12.3. The van der Waals surface area contributed by atoms with Crippen LogP contribution in [0.3, 0.4) is 0 Å². The van der Waals surface area contributed by atoms with Gasteiger partial charge in [0.05, 0.1) is 23.8 Å². The molecule has 11 heteroatoms. The zero-order valence-corrected chi connectivity index (χ0v) is 20.2. The van der Waals surface area contributed by atoms with Crippen LogP contribution in [-0.2, 0) is 6.42 Å². The number of aliphatic hydroxyl groups excluding tert-OH is 1. The first-order chi connectivity index (χ1) is 18.0. The number of nitrogens with zero attached hydrogens (tertiary/aromatic N) is 4. The van der Waals surface area contributed by atoms with Gasteiger partial charge >= 0.3 is 0 Å². The molecule has 1 aromatic carbocycles. The van der Waals surface area contributed by atoms with Crippen LogP contribution in [0.15, 0.2) is 55.0 Å². The van der Waals surface area contributed by atoms with E-state index < -0.39 is 11.7 Å². The molecule has 0 unspecified atom stereocenters. The van der Waals surface area contributed by atoms with Gasteiger partial charge in [-0.1, -0.05) is 12.1 Å². The van der Waals surface area contributed by atoms with Crippen molar-refractivity contribution in [3.05, 3.63) is 72.1 Å². The normalized spacial score (nSPS) is 17.5. The lowest BCUT2D eigenvalue weighted by atomic mass is 9.92. The molecule has 1 saturated carbocycles.